The smallest absolute Gasteiger partial charge is 0.170 e. The van der Waals surface area contributed by atoms with Gasteiger partial charge in [-0.25, -0.2) is 0 Å². The van der Waals surface area contributed by atoms with Crippen LogP contribution >= 0.6 is 12.2 Å². The summed E-state index contributed by atoms with van der Waals surface area (Å²) in [5.74, 6) is 0. The molecule has 0 aliphatic heterocycles. The Labute approximate surface area is 141 Å². The third-order valence-electron chi connectivity index (χ3n) is 4.47. The van der Waals surface area contributed by atoms with Gasteiger partial charge < -0.3 is 10.6 Å². The number of aryl methyl sites for hydroxylation is 1. The average molecular weight is 319 g/mol. The maximum atomic E-state index is 5.48. The lowest BCUT2D eigenvalue weighted by atomic mass is 9.97. The van der Waals surface area contributed by atoms with Gasteiger partial charge in [0.2, 0.25) is 0 Å². The van der Waals surface area contributed by atoms with Gasteiger partial charge in [0.25, 0.3) is 0 Å². The average Bonchev–Trinajstić information content (AvgIpc) is 2.49. The van der Waals surface area contributed by atoms with Gasteiger partial charge in [-0.2, -0.15) is 0 Å². The molecular formula is C19H30N2S. The number of benzene rings is 1. The second-order valence-corrected chi connectivity index (χ2v) is 6.85. The van der Waals surface area contributed by atoms with Crippen molar-refractivity contribution in [2.45, 2.75) is 77.2 Å². The van der Waals surface area contributed by atoms with E-state index in [-0.39, 0.29) is 0 Å². The quantitative estimate of drug-likeness (QED) is 0.708. The highest BCUT2D eigenvalue weighted by molar-refractivity contribution is 7.80. The third-order valence-corrected chi connectivity index (χ3v) is 4.69. The normalized spacial score (nSPS) is 16.6. The molecular weight excluding hydrogens is 288 g/mol. The van der Waals surface area contributed by atoms with E-state index in [2.05, 4.69) is 41.8 Å². The van der Waals surface area contributed by atoms with Crippen LogP contribution in [0.4, 0.5) is 5.69 Å². The Kier molecular flexibility index (Phi) is 7.72. The molecule has 1 aromatic rings. The maximum absolute atomic E-state index is 5.48. The summed E-state index contributed by atoms with van der Waals surface area (Å²) in [6.45, 7) is 2.23. The van der Waals surface area contributed by atoms with E-state index in [1.165, 1.54) is 69.8 Å². The van der Waals surface area contributed by atoms with Crippen LogP contribution in [0.1, 0.15) is 70.3 Å². The molecule has 2 nitrogen and oxygen atoms in total. The van der Waals surface area contributed by atoms with Crippen molar-refractivity contribution in [1.29, 1.82) is 0 Å². The topological polar surface area (TPSA) is 24.1 Å². The van der Waals surface area contributed by atoms with Crippen molar-refractivity contribution in [2.75, 3.05) is 5.32 Å². The van der Waals surface area contributed by atoms with Crippen LogP contribution < -0.4 is 10.6 Å². The Morgan fingerprint density at radius 1 is 1.05 bits per heavy atom. The summed E-state index contributed by atoms with van der Waals surface area (Å²) in [6.07, 6.45) is 13.0. The van der Waals surface area contributed by atoms with Crippen LogP contribution in [-0.4, -0.2) is 11.2 Å². The Morgan fingerprint density at radius 3 is 2.32 bits per heavy atom. The number of thiocarbonyl (C=S) groups is 1. The van der Waals surface area contributed by atoms with Crippen LogP contribution in [0.5, 0.6) is 0 Å². The molecule has 122 valence electrons. The lowest BCUT2D eigenvalue weighted by molar-refractivity contribution is 0.430. The Bertz CT molecular complexity index is 433. The first-order valence-corrected chi connectivity index (χ1v) is 9.35. The molecule has 0 unspecified atom stereocenters. The minimum absolute atomic E-state index is 0.545. The second-order valence-electron chi connectivity index (χ2n) is 6.44. The first-order chi connectivity index (χ1) is 10.8. The molecule has 3 heteroatoms. The molecule has 0 radical (unpaired) electrons. The lowest BCUT2D eigenvalue weighted by Gasteiger charge is -2.22. The number of unbranched alkanes of at least 4 members (excludes halogenated alkanes) is 1. The Hall–Kier alpha value is -1.09. The number of hydrogen-bond donors (Lipinski definition) is 2. The van der Waals surface area contributed by atoms with Crippen LogP contribution in [0.2, 0.25) is 0 Å². The summed E-state index contributed by atoms with van der Waals surface area (Å²) in [4.78, 5) is 0. The molecule has 0 bridgehead atoms. The Balaban J connectivity index is 1.78. The summed E-state index contributed by atoms with van der Waals surface area (Å²) in [5, 5.41) is 7.60. The molecule has 0 aromatic heterocycles. The van der Waals surface area contributed by atoms with E-state index in [1.807, 2.05) is 0 Å². The molecule has 1 aromatic carbocycles. The van der Waals surface area contributed by atoms with Gasteiger partial charge in [-0.15, -0.1) is 0 Å². The molecule has 0 saturated heterocycles. The number of nitrogens with one attached hydrogen (secondary N) is 2. The first kappa shape index (κ1) is 17.3. The van der Waals surface area contributed by atoms with E-state index in [1.54, 1.807) is 0 Å². The van der Waals surface area contributed by atoms with Gasteiger partial charge in [0.15, 0.2) is 5.11 Å². The van der Waals surface area contributed by atoms with Gasteiger partial charge in [-0.3, -0.25) is 0 Å². The SMILES string of the molecule is CCCCc1ccc(NC(=S)NC2CCCCCCC2)cc1. The molecule has 0 spiro atoms. The highest BCUT2D eigenvalue weighted by atomic mass is 32.1. The molecule has 1 saturated carbocycles. The maximum Gasteiger partial charge on any atom is 0.170 e. The van der Waals surface area contributed by atoms with Crippen LogP contribution in [-0.2, 0) is 6.42 Å². The van der Waals surface area contributed by atoms with Crippen molar-refractivity contribution in [1.82, 2.24) is 5.32 Å². The summed E-state index contributed by atoms with van der Waals surface area (Å²) in [5.41, 5.74) is 2.50. The van der Waals surface area contributed by atoms with Crippen LogP contribution in [0.15, 0.2) is 24.3 Å². The number of anilines is 1. The summed E-state index contributed by atoms with van der Waals surface area (Å²) >= 11 is 5.48. The number of rotatable bonds is 5. The fourth-order valence-corrected chi connectivity index (χ4v) is 3.37. The molecule has 2 N–H and O–H groups in total. The predicted molar refractivity (Wildman–Crippen MR) is 101 cm³/mol. The van der Waals surface area contributed by atoms with Crippen molar-refractivity contribution in [3.8, 4) is 0 Å². The second kappa shape index (κ2) is 9.83. The molecule has 1 aliphatic carbocycles. The van der Waals surface area contributed by atoms with Gasteiger partial charge in [0.1, 0.15) is 0 Å². The molecule has 22 heavy (non-hydrogen) atoms. The van der Waals surface area contributed by atoms with E-state index in [0.29, 0.717) is 6.04 Å². The molecule has 0 amide bonds. The largest absolute Gasteiger partial charge is 0.360 e. The van der Waals surface area contributed by atoms with Crippen molar-refractivity contribution in [2.24, 2.45) is 0 Å². The van der Waals surface area contributed by atoms with Gasteiger partial charge in [0, 0.05) is 11.7 Å². The minimum Gasteiger partial charge on any atom is -0.360 e. The zero-order valence-electron chi connectivity index (χ0n) is 13.9. The van der Waals surface area contributed by atoms with E-state index in [9.17, 15) is 0 Å². The van der Waals surface area contributed by atoms with Gasteiger partial charge in [0.05, 0.1) is 0 Å². The summed E-state index contributed by atoms with van der Waals surface area (Å²) < 4.78 is 0. The van der Waals surface area contributed by atoms with E-state index >= 15 is 0 Å². The van der Waals surface area contributed by atoms with E-state index < -0.39 is 0 Å². The predicted octanol–water partition coefficient (Wildman–Crippen LogP) is 5.43. The van der Waals surface area contributed by atoms with E-state index in [4.69, 9.17) is 12.2 Å². The zero-order valence-corrected chi connectivity index (χ0v) is 14.7. The Morgan fingerprint density at radius 2 is 1.68 bits per heavy atom. The van der Waals surface area contributed by atoms with Crippen LogP contribution in [0.3, 0.4) is 0 Å². The van der Waals surface area contributed by atoms with Crippen molar-refractivity contribution in [3.63, 3.8) is 0 Å². The molecule has 0 heterocycles. The van der Waals surface area contributed by atoms with Gasteiger partial charge in [-0.05, 0) is 55.6 Å². The third kappa shape index (κ3) is 6.35. The standard InChI is InChI=1S/C19H30N2S/c1-2-3-9-16-12-14-18(15-13-16)21-19(22)20-17-10-7-5-4-6-8-11-17/h12-15,17H,2-11H2,1H3,(H2,20,21,22). The van der Waals surface area contributed by atoms with Crippen LogP contribution in [0, 0.1) is 0 Å². The summed E-state index contributed by atoms with van der Waals surface area (Å²) in [7, 11) is 0. The van der Waals surface area contributed by atoms with Crippen LogP contribution in [0.25, 0.3) is 0 Å². The molecule has 1 fully saturated rings. The van der Waals surface area contributed by atoms with Crippen molar-refractivity contribution in [3.05, 3.63) is 29.8 Å². The van der Waals surface area contributed by atoms with E-state index in [0.717, 1.165) is 10.8 Å². The van der Waals surface area contributed by atoms with Gasteiger partial charge in [-0.1, -0.05) is 57.6 Å². The summed E-state index contributed by atoms with van der Waals surface area (Å²) in [6, 6.07) is 9.23. The number of hydrogen-bond acceptors (Lipinski definition) is 1. The minimum atomic E-state index is 0.545. The van der Waals surface area contributed by atoms with Crippen molar-refractivity contribution < 1.29 is 0 Å². The lowest BCUT2D eigenvalue weighted by Crippen LogP contribution is -2.38. The highest BCUT2D eigenvalue weighted by Gasteiger charge is 2.12. The highest BCUT2D eigenvalue weighted by Crippen LogP contribution is 2.17. The zero-order chi connectivity index (χ0) is 15.6. The molecule has 2 rings (SSSR count). The monoisotopic (exact) mass is 318 g/mol. The fraction of sp³-hybridized carbons (Fsp3) is 0.632. The fourth-order valence-electron chi connectivity index (χ4n) is 3.09. The molecule has 0 atom stereocenters. The first-order valence-electron chi connectivity index (χ1n) is 8.94. The molecule has 1 aliphatic rings. The van der Waals surface area contributed by atoms with Crippen molar-refractivity contribution >= 4 is 23.0 Å². The van der Waals surface area contributed by atoms with Gasteiger partial charge >= 0.3 is 0 Å².